The van der Waals surface area contributed by atoms with Gasteiger partial charge in [0.2, 0.25) is 0 Å². The highest BCUT2D eigenvalue weighted by atomic mass is 16.5. The van der Waals surface area contributed by atoms with Gasteiger partial charge in [-0.1, -0.05) is 0 Å². The molecule has 1 fully saturated rings. The summed E-state index contributed by atoms with van der Waals surface area (Å²) in [6, 6.07) is 0. The molecule has 0 amide bonds. The Hall–Kier alpha value is -0.870. The summed E-state index contributed by atoms with van der Waals surface area (Å²) >= 11 is 0. The Morgan fingerprint density at radius 1 is 1.50 bits per heavy atom. The number of aromatic nitrogens is 2. The zero-order valence-corrected chi connectivity index (χ0v) is 9.74. The quantitative estimate of drug-likeness (QED) is 0.724. The van der Waals surface area contributed by atoms with Gasteiger partial charge in [-0.3, -0.25) is 0 Å². The fourth-order valence-electron chi connectivity index (χ4n) is 2.09. The molecule has 0 aliphatic carbocycles. The van der Waals surface area contributed by atoms with Crippen molar-refractivity contribution in [3.8, 4) is 0 Å². The molecule has 16 heavy (non-hydrogen) atoms. The molecule has 0 radical (unpaired) electrons. The predicted molar refractivity (Wildman–Crippen MR) is 63.1 cm³/mol. The first-order valence-corrected chi connectivity index (χ1v) is 6.26. The number of aromatic amines is 1. The molecule has 4 nitrogen and oxygen atoms in total. The lowest BCUT2D eigenvalue weighted by atomic mass is 10.0. The molecular weight excluding hydrogens is 202 g/mol. The van der Waals surface area contributed by atoms with Gasteiger partial charge in [0, 0.05) is 19.0 Å². The highest BCUT2D eigenvalue weighted by Gasteiger charge is 2.12. The molecule has 1 saturated heterocycles. The standard InChI is InChI=1S/C12H21N3O/c1-2-9-16-11(4-1)5-3-6-13-10-12-14-7-8-15-12/h7-8,11,13H,1-6,9-10H2,(H,14,15). The Balaban J connectivity index is 1.48. The van der Waals surface area contributed by atoms with Crippen molar-refractivity contribution in [2.75, 3.05) is 13.2 Å². The maximum atomic E-state index is 5.68. The molecule has 2 heterocycles. The van der Waals surface area contributed by atoms with E-state index in [0.717, 1.165) is 25.5 Å². The van der Waals surface area contributed by atoms with Gasteiger partial charge in [-0.2, -0.15) is 0 Å². The highest BCUT2D eigenvalue weighted by Crippen LogP contribution is 2.16. The highest BCUT2D eigenvalue weighted by molar-refractivity contribution is 4.85. The smallest absolute Gasteiger partial charge is 0.120 e. The summed E-state index contributed by atoms with van der Waals surface area (Å²) in [5.41, 5.74) is 0. The van der Waals surface area contributed by atoms with Crippen molar-refractivity contribution in [1.82, 2.24) is 15.3 Å². The van der Waals surface area contributed by atoms with E-state index in [2.05, 4.69) is 15.3 Å². The lowest BCUT2D eigenvalue weighted by Gasteiger charge is -2.22. The number of nitrogens with one attached hydrogen (secondary N) is 2. The number of ether oxygens (including phenoxy) is 1. The van der Waals surface area contributed by atoms with Crippen LogP contribution in [-0.2, 0) is 11.3 Å². The molecule has 0 saturated carbocycles. The number of nitrogens with zero attached hydrogens (tertiary/aromatic N) is 1. The monoisotopic (exact) mass is 223 g/mol. The molecule has 2 N–H and O–H groups in total. The van der Waals surface area contributed by atoms with Crippen molar-refractivity contribution in [3.63, 3.8) is 0 Å². The van der Waals surface area contributed by atoms with E-state index in [1.54, 1.807) is 6.20 Å². The van der Waals surface area contributed by atoms with Crippen LogP contribution in [0.15, 0.2) is 12.4 Å². The number of rotatable bonds is 6. The maximum absolute atomic E-state index is 5.68. The SMILES string of the molecule is c1c[nH]c(CNCCCC2CCCCO2)n1. The van der Waals surface area contributed by atoms with Gasteiger partial charge in [0.1, 0.15) is 5.82 Å². The fourth-order valence-corrected chi connectivity index (χ4v) is 2.09. The molecule has 1 aromatic heterocycles. The van der Waals surface area contributed by atoms with Crippen LogP contribution < -0.4 is 5.32 Å². The second kappa shape index (κ2) is 6.66. The van der Waals surface area contributed by atoms with E-state index in [1.165, 1.54) is 32.1 Å². The van der Waals surface area contributed by atoms with Gasteiger partial charge in [-0.25, -0.2) is 4.98 Å². The van der Waals surface area contributed by atoms with Crippen LogP contribution in [0.5, 0.6) is 0 Å². The van der Waals surface area contributed by atoms with E-state index in [0.29, 0.717) is 6.10 Å². The van der Waals surface area contributed by atoms with Gasteiger partial charge in [0.15, 0.2) is 0 Å². The zero-order chi connectivity index (χ0) is 11.1. The minimum absolute atomic E-state index is 0.513. The first-order valence-electron chi connectivity index (χ1n) is 6.26. The lowest BCUT2D eigenvalue weighted by Crippen LogP contribution is -2.22. The van der Waals surface area contributed by atoms with Crippen molar-refractivity contribution in [2.24, 2.45) is 0 Å². The van der Waals surface area contributed by atoms with Crippen LogP contribution in [0.2, 0.25) is 0 Å². The molecule has 2 rings (SSSR count). The molecule has 1 aromatic rings. The van der Waals surface area contributed by atoms with Gasteiger partial charge in [0.25, 0.3) is 0 Å². The molecule has 1 aliphatic rings. The van der Waals surface area contributed by atoms with Gasteiger partial charge >= 0.3 is 0 Å². The van der Waals surface area contributed by atoms with Crippen molar-refractivity contribution in [2.45, 2.75) is 44.8 Å². The van der Waals surface area contributed by atoms with Crippen LogP contribution in [0, 0.1) is 0 Å². The Bertz CT molecular complexity index is 268. The lowest BCUT2D eigenvalue weighted by molar-refractivity contribution is 0.0102. The Kier molecular flexibility index (Phi) is 4.83. The molecule has 4 heteroatoms. The molecule has 1 atom stereocenters. The third-order valence-corrected chi connectivity index (χ3v) is 3.00. The minimum atomic E-state index is 0.513. The summed E-state index contributed by atoms with van der Waals surface area (Å²) in [7, 11) is 0. The summed E-state index contributed by atoms with van der Waals surface area (Å²) < 4.78 is 5.68. The first kappa shape index (κ1) is 11.6. The second-order valence-electron chi connectivity index (χ2n) is 4.34. The topological polar surface area (TPSA) is 49.9 Å². The van der Waals surface area contributed by atoms with E-state index < -0.39 is 0 Å². The predicted octanol–water partition coefficient (Wildman–Crippen LogP) is 1.85. The average Bonchev–Trinajstić information content (AvgIpc) is 2.83. The average molecular weight is 223 g/mol. The van der Waals surface area contributed by atoms with Crippen molar-refractivity contribution >= 4 is 0 Å². The minimum Gasteiger partial charge on any atom is -0.378 e. The molecule has 1 unspecified atom stereocenters. The van der Waals surface area contributed by atoms with E-state index in [4.69, 9.17) is 4.74 Å². The molecule has 0 spiro atoms. The van der Waals surface area contributed by atoms with Crippen LogP contribution in [0.4, 0.5) is 0 Å². The second-order valence-corrected chi connectivity index (χ2v) is 4.34. The van der Waals surface area contributed by atoms with Crippen molar-refractivity contribution in [1.29, 1.82) is 0 Å². The van der Waals surface area contributed by atoms with Crippen LogP contribution in [0.25, 0.3) is 0 Å². The molecule has 90 valence electrons. The summed E-state index contributed by atoms with van der Waals surface area (Å²) in [6.07, 6.45) is 10.4. The maximum Gasteiger partial charge on any atom is 0.120 e. The van der Waals surface area contributed by atoms with Gasteiger partial charge in [-0.15, -0.1) is 0 Å². The van der Waals surface area contributed by atoms with Gasteiger partial charge in [-0.05, 0) is 38.6 Å². The fraction of sp³-hybridized carbons (Fsp3) is 0.750. The number of hydrogen-bond donors (Lipinski definition) is 2. The summed E-state index contributed by atoms with van der Waals surface area (Å²) in [5, 5.41) is 3.38. The Morgan fingerprint density at radius 2 is 2.50 bits per heavy atom. The van der Waals surface area contributed by atoms with Crippen LogP contribution in [-0.4, -0.2) is 29.2 Å². The van der Waals surface area contributed by atoms with Gasteiger partial charge in [0.05, 0.1) is 12.6 Å². The molecule has 0 bridgehead atoms. The van der Waals surface area contributed by atoms with E-state index in [-0.39, 0.29) is 0 Å². The first-order chi connectivity index (χ1) is 7.95. The molecule has 0 aromatic carbocycles. The van der Waals surface area contributed by atoms with Crippen LogP contribution in [0.3, 0.4) is 0 Å². The van der Waals surface area contributed by atoms with E-state index in [9.17, 15) is 0 Å². The van der Waals surface area contributed by atoms with Crippen LogP contribution in [0.1, 0.15) is 37.9 Å². The zero-order valence-electron chi connectivity index (χ0n) is 9.74. The third-order valence-electron chi connectivity index (χ3n) is 3.00. The van der Waals surface area contributed by atoms with E-state index in [1.807, 2.05) is 6.20 Å². The Labute approximate surface area is 96.8 Å². The summed E-state index contributed by atoms with van der Waals surface area (Å²) in [6.45, 7) is 2.84. The summed E-state index contributed by atoms with van der Waals surface area (Å²) in [4.78, 5) is 7.24. The van der Waals surface area contributed by atoms with Gasteiger partial charge < -0.3 is 15.0 Å². The largest absolute Gasteiger partial charge is 0.378 e. The third kappa shape index (κ3) is 3.94. The number of hydrogen-bond acceptors (Lipinski definition) is 3. The van der Waals surface area contributed by atoms with Crippen LogP contribution >= 0.6 is 0 Å². The Morgan fingerprint density at radius 3 is 3.25 bits per heavy atom. The van der Waals surface area contributed by atoms with E-state index >= 15 is 0 Å². The van der Waals surface area contributed by atoms with Crippen molar-refractivity contribution < 1.29 is 4.74 Å². The molecular formula is C12H21N3O. The summed E-state index contributed by atoms with van der Waals surface area (Å²) in [5.74, 6) is 1.01. The molecule has 1 aliphatic heterocycles. The normalized spacial score (nSPS) is 21.1. The number of imidazole rings is 1. The van der Waals surface area contributed by atoms with Crippen molar-refractivity contribution in [3.05, 3.63) is 18.2 Å². The number of H-pyrrole nitrogens is 1.